The summed E-state index contributed by atoms with van der Waals surface area (Å²) in [6.45, 7) is 0. The topological polar surface area (TPSA) is 68.0 Å². The maximum absolute atomic E-state index is 12.3. The van der Waals surface area contributed by atoms with Crippen molar-refractivity contribution in [1.82, 2.24) is 4.98 Å². The zero-order valence-electron chi connectivity index (χ0n) is 11.7. The number of carbonyl (C=O) groups is 1. The number of anilines is 1. The van der Waals surface area contributed by atoms with Crippen LogP contribution in [0.5, 0.6) is 0 Å². The monoisotopic (exact) mass is 347 g/mol. The van der Waals surface area contributed by atoms with Gasteiger partial charge in [0.15, 0.2) is 0 Å². The lowest BCUT2D eigenvalue weighted by atomic mass is 9.86. The minimum atomic E-state index is 0.0590. The fraction of sp³-hybridized carbons (Fsp3) is 0.375. The van der Waals surface area contributed by atoms with Crippen LogP contribution >= 0.6 is 15.9 Å². The molecule has 3 N–H and O–H groups in total. The van der Waals surface area contributed by atoms with Crippen molar-refractivity contribution in [3.05, 3.63) is 34.9 Å². The standard InChI is InChI=1S/C16H18BrN3O/c17-13-4-1-11-9-19-15(8-12(11)7-13)20-16(21)10-2-5-14(18)6-3-10/h1,4,7-10,14H,2-3,5-6,18H2,(H,19,20,21)/t10-,14-. The zero-order valence-corrected chi connectivity index (χ0v) is 13.3. The smallest absolute Gasteiger partial charge is 0.228 e. The van der Waals surface area contributed by atoms with Crippen molar-refractivity contribution in [3.8, 4) is 0 Å². The van der Waals surface area contributed by atoms with Gasteiger partial charge in [0.1, 0.15) is 5.82 Å². The average molecular weight is 348 g/mol. The third-order valence-corrected chi connectivity index (χ3v) is 4.57. The van der Waals surface area contributed by atoms with Crippen molar-refractivity contribution >= 4 is 38.4 Å². The van der Waals surface area contributed by atoms with Gasteiger partial charge in [-0.2, -0.15) is 0 Å². The molecule has 1 heterocycles. The highest BCUT2D eigenvalue weighted by Gasteiger charge is 2.24. The number of fused-ring (bicyclic) bond motifs is 1. The molecule has 0 saturated heterocycles. The van der Waals surface area contributed by atoms with Crippen LogP contribution < -0.4 is 11.1 Å². The molecule has 0 bridgehead atoms. The first-order chi connectivity index (χ1) is 10.1. The first-order valence-electron chi connectivity index (χ1n) is 7.23. The van der Waals surface area contributed by atoms with E-state index >= 15 is 0 Å². The second-order valence-corrected chi connectivity index (χ2v) is 6.58. The lowest BCUT2D eigenvalue weighted by molar-refractivity contribution is -0.120. The molecule has 1 aromatic heterocycles. The molecule has 1 amide bonds. The number of pyridine rings is 1. The molecule has 0 spiro atoms. The molecule has 1 aliphatic rings. The summed E-state index contributed by atoms with van der Waals surface area (Å²) < 4.78 is 1.01. The van der Waals surface area contributed by atoms with Gasteiger partial charge in [0.2, 0.25) is 5.91 Å². The number of aromatic nitrogens is 1. The third kappa shape index (κ3) is 3.41. The molecule has 0 atom stereocenters. The number of amides is 1. The van der Waals surface area contributed by atoms with E-state index in [1.807, 2.05) is 24.3 Å². The minimum absolute atomic E-state index is 0.0590. The lowest BCUT2D eigenvalue weighted by Crippen LogP contribution is -2.32. The van der Waals surface area contributed by atoms with Gasteiger partial charge >= 0.3 is 0 Å². The second kappa shape index (κ2) is 6.12. The van der Waals surface area contributed by atoms with Crippen LogP contribution in [0.25, 0.3) is 10.8 Å². The van der Waals surface area contributed by atoms with Gasteiger partial charge in [0, 0.05) is 28.0 Å². The highest BCUT2D eigenvalue weighted by atomic mass is 79.9. The molecule has 2 aromatic rings. The van der Waals surface area contributed by atoms with Crippen LogP contribution in [0.15, 0.2) is 34.9 Å². The molecule has 21 heavy (non-hydrogen) atoms. The molecule has 4 nitrogen and oxygen atoms in total. The van der Waals surface area contributed by atoms with E-state index in [-0.39, 0.29) is 17.9 Å². The molecule has 1 aliphatic carbocycles. The Morgan fingerprint density at radius 2 is 1.95 bits per heavy atom. The summed E-state index contributed by atoms with van der Waals surface area (Å²) >= 11 is 3.46. The van der Waals surface area contributed by atoms with Gasteiger partial charge in [-0.1, -0.05) is 22.0 Å². The molecule has 110 valence electrons. The molecule has 1 saturated carbocycles. The van der Waals surface area contributed by atoms with Gasteiger partial charge in [-0.05, 0) is 49.3 Å². The summed E-state index contributed by atoms with van der Waals surface area (Å²) in [5.74, 6) is 0.731. The van der Waals surface area contributed by atoms with Crippen LogP contribution in [-0.4, -0.2) is 16.9 Å². The predicted octanol–water partition coefficient (Wildman–Crippen LogP) is 3.45. The van der Waals surface area contributed by atoms with Gasteiger partial charge in [-0.25, -0.2) is 4.98 Å². The second-order valence-electron chi connectivity index (χ2n) is 5.66. The number of nitrogens with two attached hydrogens (primary N) is 1. The Balaban J connectivity index is 1.73. The molecule has 3 rings (SSSR count). The highest BCUT2D eigenvalue weighted by Crippen LogP contribution is 2.25. The van der Waals surface area contributed by atoms with Crippen LogP contribution in [0.2, 0.25) is 0 Å². The van der Waals surface area contributed by atoms with Crippen LogP contribution in [0.3, 0.4) is 0 Å². The van der Waals surface area contributed by atoms with Crippen molar-refractivity contribution < 1.29 is 4.79 Å². The quantitative estimate of drug-likeness (QED) is 0.873. The van der Waals surface area contributed by atoms with E-state index in [0.29, 0.717) is 5.82 Å². The maximum Gasteiger partial charge on any atom is 0.228 e. The summed E-state index contributed by atoms with van der Waals surface area (Å²) in [6.07, 6.45) is 5.37. The van der Waals surface area contributed by atoms with E-state index in [1.165, 1.54) is 0 Å². The minimum Gasteiger partial charge on any atom is -0.328 e. The highest BCUT2D eigenvalue weighted by molar-refractivity contribution is 9.10. The first kappa shape index (κ1) is 14.5. The molecular weight excluding hydrogens is 330 g/mol. The summed E-state index contributed by atoms with van der Waals surface area (Å²) in [5, 5.41) is 5.04. The van der Waals surface area contributed by atoms with Crippen molar-refractivity contribution in [2.45, 2.75) is 31.7 Å². The molecule has 5 heteroatoms. The fourth-order valence-corrected chi connectivity index (χ4v) is 3.17. The van der Waals surface area contributed by atoms with Crippen molar-refractivity contribution in [2.75, 3.05) is 5.32 Å². The van der Waals surface area contributed by atoms with Gasteiger partial charge in [0.25, 0.3) is 0 Å². The molecule has 0 radical (unpaired) electrons. The Morgan fingerprint density at radius 1 is 1.19 bits per heavy atom. The number of nitrogens with zero attached hydrogens (tertiary/aromatic N) is 1. The van der Waals surface area contributed by atoms with Crippen LogP contribution in [-0.2, 0) is 4.79 Å². The summed E-state index contributed by atoms with van der Waals surface area (Å²) in [7, 11) is 0. The maximum atomic E-state index is 12.3. The van der Waals surface area contributed by atoms with E-state index in [1.54, 1.807) is 6.20 Å². The van der Waals surface area contributed by atoms with Crippen LogP contribution in [0.1, 0.15) is 25.7 Å². The Hall–Kier alpha value is -1.46. The molecule has 1 fully saturated rings. The van der Waals surface area contributed by atoms with E-state index < -0.39 is 0 Å². The third-order valence-electron chi connectivity index (χ3n) is 4.08. The molecule has 0 unspecified atom stereocenters. The Kier molecular flexibility index (Phi) is 4.22. The Bertz CT molecular complexity index is 666. The summed E-state index contributed by atoms with van der Waals surface area (Å²) in [6, 6.07) is 8.16. The van der Waals surface area contributed by atoms with E-state index in [4.69, 9.17) is 5.73 Å². The Morgan fingerprint density at radius 3 is 2.71 bits per heavy atom. The van der Waals surface area contributed by atoms with E-state index in [0.717, 1.165) is 40.9 Å². The number of carbonyl (C=O) groups excluding carboxylic acids is 1. The largest absolute Gasteiger partial charge is 0.328 e. The number of hydrogen-bond acceptors (Lipinski definition) is 3. The van der Waals surface area contributed by atoms with Crippen LogP contribution in [0.4, 0.5) is 5.82 Å². The normalized spacial score (nSPS) is 22.2. The number of benzene rings is 1. The van der Waals surface area contributed by atoms with Gasteiger partial charge < -0.3 is 11.1 Å². The summed E-state index contributed by atoms with van der Waals surface area (Å²) in [5.41, 5.74) is 5.88. The fourth-order valence-electron chi connectivity index (χ4n) is 2.79. The number of halogens is 1. The number of hydrogen-bond donors (Lipinski definition) is 2. The average Bonchev–Trinajstić information content (AvgIpc) is 2.47. The molecule has 0 aliphatic heterocycles. The SMILES string of the molecule is N[C@H]1CC[C@H](C(=O)Nc2cc3cc(Br)ccc3cn2)CC1. The van der Waals surface area contributed by atoms with Crippen molar-refractivity contribution in [2.24, 2.45) is 11.7 Å². The van der Waals surface area contributed by atoms with Gasteiger partial charge in [-0.15, -0.1) is 0 Å². The lowest BCUT2D eigenvalue weighted by Gasteiger charge is -2.24. The number of nitrogens with one attached hydrogen (secondary N) is 1. The van der Waals surface area contributed by atoms with Gasteiger partial charge in [-0.3, -0.25) is 4.79 Å². The van der Waals surface area contributed by atoms with Crippen LogP contribution in [0, 0.1) is 5.92 Å². The van der Waals surface area contributed by atoms with Gasteiger partial charge in [0.05, 0.1) is 0 Å². The van der Waals surface area contributed by atoms with Crippen molar-refractivity contribution in [1.29, 1.82) is 0 Å². The summed E-state index contributed by atoms with van der Waals surface area (Å²) in [4.78, 5) is 16.6. The van der Waals surface area contributed by atoms with E-state index in [9.17, 15) is 4.79 Å². The zero-order chi connectivity index (χ0) is 14.8. The van der Waals surface area contributed by atoms with E-state index in [2.05, 4.69) is 26.2 Å². The Labute approximate surface area is 132 Å². The number of rotatable bonds is 2. The molecule has 1 aromatic carbocycles. The molecular formula is C16H18BrN3O. The predicted molar refractivity (Wildman–Crippen MR) is 88.0 cm³/mol. The van der Waals surface area contributed by atoms with Crippen molar-refractivity contribution in [3.63, 3.8) is 0 Å². The first-order valence-corrected chi connectivity index (χ1v) is 8.03.